The third-order valence-electron chi connectivity index (χ3n) is 3.03. The molecule has 1 fully saturated rings. The summed E-state index contributed by atoms with van der Waals surface area (Å²) < 4.78 is 1.87. The molecule has 0 radical (unpaired) electrons. The minimum atomic E-state index is 0.618. The van der Waals surface area contributed by atoms with E-state index in [9.17, 15) is 0 Å². The van der Waals surface area contributed by atoms with Crippen LogP contribution in [0.3, 0.4) is 0 Å². The molecule has 84 valence electrons. The fourth-order valence-corrected chi connectivity index (χ4v) is 2.08. The van der Waals surface area contributed by atoms with Gasteiger partial charge in [0.2, 0.25) is 0 Å². The van der Waals surface area contributed by atoms with E-state index in [1.807, 2.05) is 17.9 Å². The average molecular weight is 208 g/mol. The summed E-state index contributed by atoms with van der Waals surface area (Å²) in [4.78, 5) is 2.43. The van der Waals surface area contributed by atoms with Crippen molar-refractivity contribution in [1.82, 2.24) is 15.1 Å². The van der Waals surface area contributed by atoms with Crippen LogP contribution in [-0.4, -0.2) is 35.5 Å². The van der Waals surface area contributed by atoms with Crippen molar-refractivity contribution in [3.63, 3.8) is 0 Å². The molecule has 1 aliphatic rings. The number of nitrogens with one attached hydrogen (secondary N) is 1. The molecule has 2 heterocycles. The summed E-state index contributed by atoms with van der Waals surface area (Å²) in [5, 5.41) is 7.80. The van der Waals surface area contributed by atoms with Gasteiger partial charge in [0.1, 0.15) is 0 Å². The van der Waals surface area contributed by atoms with E-state index in [1.165, 1.54) is 18.5 Å². The van der Waals surface area contributed by atoms with Gasteiger partial charge in [-0.25, -0.2) is 0 Å². The summed E-state index contributed by atoms with van der Waals surface area (Å²) in [5.41, 5.74) is 1.25. The standard InChI is InChI=1S/C11H20N4/c1-3-10-8-15(6-4-5-12-10)11-7-13-14(2)9-11/h7,9-10,12H,3-6,8H2,1-2H3. The van der Waals surface area contributed by atoms with E-state index in [2.05, 4.69) is 28.4 Å². The molecule has 1 unspecified atom stereocenters. The third-order valence-corrected chi connectivity index (χ3v) is 3.03. The van der Waals surface area contributed by atoms with Gasteiger partial charge >= 0.3 is 0 Å². The number of anilines is 1. The van der Waals surface area contributed by atoms with Gasteiger partial charge in [-0.2, -0.15) is 5.10 Å². The molecule has 4 heteroatoms. The maximum Gasteiger partial charge on any atom is 0.0752 e. The van der Waals surface area contributed by atoms with Gasteiger partial charge < -0.3 is 10.2 Å². The number of aryl methyl sites for hydroxylation is 1. The van der Waals surface area contributed by atoms with Gasteiger partial charge in [-0.1, -0.05) is 6.92 Å². The number of hydrogen-bond donors (Lipinski definition) is 1. The first-order chi connectivity index (χ1) is 7.29. The lowest BCUT2D eigenvalue weighted by atomic mass is 10.2. The van der Waals surface area contributed by atoms with E-state index in [4.69, 9.17) is 0 Å². The van der Waals surface area contributed by atoms with Crippen molar-refractivity contribution >= 4 is 5.69 Å². The van der Waals surface area contributed by atoms with Crippen LogP contribution in [0.2, 0.25) is 0 Å². The lowest BCUT2D eigenvalue weighted by Crippen LogP contribution is -2.37. The highest BCUT2D eigenvalue weighted by molar-refractivity contribution is 5.42. The minimum absolute atomic E-state index is 0.618. The first-order valence-electron chi connectivity index (χ1n) is 5.76. The molecule has 0 bridgehead atoms. The van der Waals surface area contributed by atoms with Crippen molar-refractivity contribution in [2.45, 2.75) is 25.8 Å². The largest absolute Gasteiger partial charge is 0.367 e. The predicted molar refractivity (Wildman–Crippen MR) is 62.1 cm³/mol. The van der Waals surface area contributed by atoms with E-state index in [-0.39, 0.29) is 0 Å². The van der Waals surface area contributed by atoms with E-state index in [1.54, 1.807) is 0 Å². The maximum atomic E-state index is 4.23. The molecule has 1 aliphatic heterocycles. The Morgan fingerprint density at radius 2 is 2.47 bits per heavy atom. The Kier molecular flexibility index (Phi) is 3.26. The van der Waals surface area contributed by atoms with Crippen molar-refractivity contribution in [1.29, 1.82) is 0 Å². The Bertz CT molecular complexity index is 307. The van der Waals surface area contributed by atoms with Crippen LogP contribution in [0.15, 0.2) is 12.4 Å². The normalized spacial score (nSPS) is 22.8. The van der Waals surface area contributed by atoms with E-state index >= 15 is 0 Å². The first-order valence-corrected chi connectivity index (χ1v) is 5.76. The number of nitrogens with zero attached hydrogens (tertiary/aromatic N) is 3. The summed E-state index contributed by atoms with van der Waals surface area (Å²) in [6.07, 6.45) is 6.46. The lowest BCUT2D eigenvalue weighted by molar-refractivity contribution is 0.528. The summed E-state index contributed by atoms with van der Waals surface area (Å²) in [6.45, 7) is 5.61. The third kappa shape index (κ3) is 2.50. The van der Waals surface area contributed by atoms with Gasteiger partial charge in [-0.3, -0.25) is 4.68 Å². The number of hydrogen-bond acceptors (Lipinski definition) is 3. The van der Waals surface area contributed by atoms with Crippen molar-refractivity contribution in [3.05, 3.63) is 12.4 Å². The monoisotopic (exact) mass is 208 g/mol. The highest BCUT2D eigenvalue weighted by Gasteiger charge is 2.17. The van der Waals surface area contributed by atoms with Crippen LogP contribution in [0.4, 0.5) is 5.69 Å². The second kappa shape index (κ2) is 4.66. The van der Waals surface area contributed by atoms with Crippen LogP contribution in [0, 0.1) is 0 Å². The predicted octanol–water partition coefficient (Wildman–Crippen LogP) is 0.998. The highest BCUT2D eigenvalue weighted by atomic mass is 15.3. The fraction of sp³-hybridized carbons (Fsp3) is 0.727. The van der Waals surface area contributed by atoms with Crippen molar-refractivity contribution in [3.8, 4) is 0 Å². The SMILES string of the molecule is CCC1CN(c2cnn(C)c2)CCCN1. The summed E-state index contributed by atoms with van der Waals surface area (Å²) in [6, 6.07) is 0.618. The van der Waals surface area contributed by atoms with Crippen molar-refractivity contribution < 1.29 is 0 Å². The molecule has 4 nitrogen and oxygen atoms in total. The Morgan fingerprint density at radius 1 is 1.60 bits per heavy atom. The Labute approximate surface area is 91.3 Å². The second-order valence-corrected chi connectivity index (χ2v) is 4.23. The van der Waals surface area contributed by atoms with Gasteiger partial charge in [0.25, 0.3) is 0 Å². The molecule has 15 heavy (non-hydrogen) atoms. The van der Waals surface area contributed by atoms with Gasteiger partial charge in [-0.15, -0.1) is 0 Å². The molecule has 1 saturated heterocycles. The lowest BCUT2D eigenvalue weighted by Gasteiger charge is -2.24. The van der Waals surface area contributed by atoms with Gasteiger partial charge in [0.05, 0.1) is 11.9 Å². The van der Waals surface area contributed by atoms with E-state index in [0.29, 0.717) is 6.04 Å². The Morgan fingerprint density at radius 3 is 3.13 bits per heavy atom. The molecule has 2 rings (SSSR count). The zero-order chi connectivity index (χ0) is 10.7. The smallest absolute Gasteiger partial charge is 0.0752 e. The summed E-state index contributed by atoms with van der Waals surface area (Å²) in [7, 11) is 1.97. The van der Waals surface area contributed by atoms with Crippen LogP contribution >= 0.6 is 0 Å². The number of aromatic nitrogens is 2. The van der Waals surface area contributed by atoms with E-state index < -0.39 is 0 Å². The van der Waals surface area contributed by atoms with Crippen LogP contribution in [0.1, 0.15) is 19.8 Å². The molecule has 0 amide bonds. The average Bonchev–Trinajstić information content (AvgIpc) is 2.54. The topological polar surface area (TPSA) is 33.1 Å². The van der Waals surface area contributed by atoms with Crippen LogP contribution in [-0.2, 0) is 7.05 Å². The highest BCUT2D eigenvalue weighted by Crippen LogP contribution is 2.15. The van der Waals surface area contributed by atoms with E-state index in [0.717, 1.165) is 19.6 Å². The zero-order valence-corrected chi connectivity index (χ0v) is 9.61. The number of rotatable bonds is 2. The van der Waals surface area contributed by atoms with Crippen LogP contribution in [0.25, 0.3) is 0 Å². The van der Waals surface area contributed by atoms with Gasteiger partial charge in [-0.05, 0) is 19.4 Å². The van der Waals surface area contributed by atoms with Gasteiger partial charge in [0, 0.05) is 32.4 Å². The van der Waals surface area contributed by atoms with Crippen LogP contribution < -0.4 is 10.2 Å². The molecule has 1 aromatic heterocycles. The quantitative estimate of drug-likeness (QED) is 0.787. The molecule has 0 saturated carbocycles. The molecule has 1 aromatic rings. The van der Waals surface area contributed by atoms with Gasteiger partial charge in [0.15, 0.2) is 0 Å². The first kappa shape index (κ1) is 10.5. The van der Waals surface area contributed by atoms with Crippen molar-refractivity contribution in [2.24, 2.45) is 7.05 Å². The summed E-state index contributed by atoms with van der Waals surface area (Å²) >= 11 is 0. The second-order valence-electron chi connectivity index (χ2n) is 4.23. The maximum absolute atomic E-state index is 4.23. The molecule has 0 aromatic carbocycles. The molecular formula is C11H20N4. The molecular weight excluding hydrogens is 188 g/mol. The summed E-state index contributed by atoms with van der Waals surface area (Å²) in [5.74, 6) is 0. The molecule has 1 atom stereocenters. The van der Waals surface area contributed by atoms with Crippen molar-refractivity contribution in [2.75, 3.05) is 24.5 Å². The Balaban J connectivity index is 2.07. The zero-order valence-electron chi connectivity index (χ0n) is 9.61. The van der Waals surface area contributed by atoms with Crippen LogP contribution in [0.5, 0.6) is 0 Å². The molecule has 0 spiro atoms. The fourth-order valence-electron chi connectivity index (χ4n) is 2.08. The Hall–Kier alpha value is -1.03. The molecule has 0 aliphatic carbocycles. The molecule has 1 N–H and O–H groups in total. The minimum Gasteiger partial charge on any atom is -0.367 e.